The second kappa shape index (κ2) is 32.1. The van der Waals surface area contributed by atoms with Crippen LogP contribution in [0.2, 0.25) is 10.0 Å². The number of nitrogens with one attached hydrogen (secondary N) is 2. The van der Waals surface area contributed by atoms with Crippen molar-refractivity contribution in [2.75, 3.05) is 40.6 Å². The number of imide groups is 1. The number of allylic oxidation sites excluding steroid dienone is 2. The maximum atomic E-state index is 14.3. The number of amides is 4. The number of hydrogen-bond acceptors (Lipinski definition) is 11. The van der Waals surface area contributed by atoms with Crippen LogP contribution >= 0.6 is 34.8 Å². The summed E-state index contributed by atoms with van der Waals surface area (Å²) in [5.41, 5.74) is -0.673. The number of sulfone groups is 1. The molecule has 84 heavy (non-hydrogen) atoms. The van der Waals surface area contributed by atoms with Crippen molar-refractivity contribution >= 4 is 101 Å². The van der Waals surface area contributed by atoms with Crippen molar-refractivity contribution < 1.29 is 67.8 Å². The quantitative estimate of drug-likeness (QED) is 0.0367. The Bertz CT molecular complexity index is 3390. The Balaban J connectivity index is 0.000000243. The first-order chi connectivity index (χ1) is 39.5. The molecular formula is C60H69Cl3F4N4O11S2. The highest BCUT2D eigenvalue weighted by atomic mass is 35.5. The number of cyclic esters (lactones) is 1. The van der Waals surface area contributed by atoms with Crippen LogP contribution in [-0.4, -0.2) is 82.8 Å². The standard InChI is InChI=1S/C17H17ClFNO4.C16H22ClNO2.C14H12F3NO4S2.C13H18ClNO/c1-9(2)15-16(21)20(17(22)24-15)13-8-14(11(18)7-12(13)19)23-10-5-3-4-6-10;1-4-20-11-10-18(15(19)12-17)16(13(2)3)14-8-6-5-7-9-14;1-10-9-12(23(19,20)11-5-3-2-4-6-11)7-8-13(10)18-24(21,22)14(15,16)17;1-4-5-10(3)13(16)15-11-7-6-9(2)12(14)8-11/h7-8,10H,3-6H2,1-2H3;5-9H,4,10-12H2,1-3H3;2-9,18H,1H3;6-8,10H,4-5H2,1-3H3,(H,15,16). The summed E-state index contributed by atoms with van der Waals surface area (Å²) in [5, 5.41) is 3.65. The van der Waals surface area contributed by atoms with E-state index in [9.17, 15) is 53.6 Å². The van der Waals surface area contributed by atoms with E-state index in [2.05, 4.69) is 12.2 Å². The number of anilines is 3. The summed E-state index contributed by atoms with van der Waals surface area (Å²) in [6.45, 7) is 18.1. The second-order valence-corrected chi connectivity index (χ2v) is 24.4. The van der Waals surface area contributed by atoms with E-state index < -0.39 is 43.2 Å². The molecule has 1 unspecified atom stereocenters. The summed E-state index contributed by atoms with van der Waals surface area (Å²) in [6, 6.07) is 28.4. The SMILES string of the molecule is CC(C)=C1OC(=O)N(c2cc(OC3CCCC3)c(Cl)cc2F)C1=O.CCCC(C)C(=O)Nc1ccc(C)c(Cl)c1.CCOCCN(C(=O)CCl)C(=C(C)C)c1ccccc1.Cc1cc(S(=O)(=O)c2ccccc2)ccc1NS(=O)(=O)C(F)(F)F. The Morgan fingerprint density at radius 3 is 1.96 bits per heavy atom. The van der Waals surface area contributed by atoms with Gasteiger partial charge in [0, 0.05) is 41.5 Å². The number of alkyl halides is 4. The van der Waals surface area contributed by atoms with Gasteiger partial charge in [0.2, 0.25) is 21.7 Å². The molecule has 0 radical (unpaired) electrons. The molecule has 1 atom stereocenters. The van der Waals surface area contributed by atoms with Gasteiger partial charge in [-0.2, -0.15) is 21.6 Å². The van der Waals surface area contributed by atoms with Crippen molar-refractivity contribution in [1.29, 1.82) is 0 Å². The minimum atomic E-state index is -5.57. The van der Waals surface area contributed by atoms with Crippen LogP contribution < -0.4 is 19.7 Å². The van der Waals surface area contributed by atoms with Crippen molar-refractivity contribution in [3.63, 3.8) is 0 Å². The van der Waals surface area contributed by atoms with E-state index in [-0.39, 0.29) is 73.0 Å². The summed E-state index contributed by atoms with van der Waals surface area (Å²) >= 11 is 17.8. The lowest BCUT2D eigenvalue weighted by Crippen LogP contribution is -2.34. The highest BCUT2D eigenvalue weighted by Crippen LogP contribution is 2.38. The van der Waals surface area contributed by atoms with Gasteiger partial charge in [0.05, 0.1) is 38.9 Å². The van der Waals surface area contributed by atoms with Gasteiger partial charge in [-0.3, -0.25) is 19.1 Å². The van der Waals surface area contributed by atoms with Crippen LogP contribution in [0.15, 0.2) is 136 Å². The molecule has 7 rings (SSSR count). The van der Waals surface area contributed by atoms with E-state index in [4.69, 9.17) is 49.0 Å². The summed E-state index contributed by atoms with van der Waals surface area (Å²) in [4.78, 5) is 50.5. The Hall–Kier alpha value is -6.49. The summed E-state index contributed by atoms with van der Waals surface area (Å²) < 4.78 is 116. The molecule has 0 spiro atoms. The fourth-order valence-corrected chi connectivity index (χ4v) is 10.8. The van der Waals surface area contributed by atoms with Gasteiger partial charge >= 0.3 is 27.5 Å². The number of carbonyl (C=O) groups excluding carboxylic acids is 4. The van der Waals surface area contributed by atoms with Crippen LogP contribution in [0.3, 0.4) is 0 Å². The zero-order valence-corrected chi connectivity index (χ0v) is 51.9. The highest BCUT2D eigenvalue weighted by molar-refractivity contribution is 7.93. The van der Waals surface area contributed by atoms with E-state index in [1.54, 1.807) is 30.9 Å². The van der Waals surface area contributed by atoms with Gasteiger partial charge in [-0.25, -0.2) is 22.5 Å². The largest absolute Gasteiger partial charge is 0.516 e. The Kier molecular flexibility index (Phi) is 26.8. The third kappa shape index (κ3) is 19.5. The Morgan fingerprint density at radius 2 is 1.44 bits per heavy atom. The topological polar surface area (TPSA) is 195 Å². The van der Waals surface area contributed by atoms with Crippen LogP contribution in [0.1, 0.15) is 104 Å². The lowest BCUT2D eigenvalue weighted by molar-refractivity contribution is -0.126. The number of aryl methyl sites for hydroxylation is 2. The molecule has 24 heteroatoms. The van der Waals surface area contributed by atoms with Crippen LogP contribution in [0.4, 0.5) is 39.4 Å². The number of halogens is 7. The molecule has 1 heterocycles. The van der Waals surface area contributed by atoms with E-state index in [1.165, 1.54) is 42.0 Å². The van der Waals surface area contributed by atoms with Gasteiger partial charge in [-0.05, 0) is 151 Å². The van der Waals surface area contributed by atoms with Crippen molar-refractivity contribution in [3.8, 4) is 5.75 Å². The van der Waals surface area contributed by atoms with E-state index >= 15 is 0 Å². The van der Waals surface area contributed by atoms with Crippen LogP contribution in [0, 0.1) is 25.6 Å². The fourth-order valence-electron chi connectivity index (χ4n) is 8.25. The maximum Gasteiger partial charge on any atom is 0.516 e. The average molecular weight is 1270 g/mol. The summed E-state index contributed by atoms with van der Waals surface area (Å²) in [7, 11) is -9.42. The third-order valence-corrected chi connectivity index (χ3v) is 16.4. The Labute approximate surface area is 504 Å². The maximum absolute atomic E-state index is 14.3. The number of ether oxygens (including phenoxy) is 3. The first-order valence-corrected chi connectivity index (χ1v) is 30.9. The molecule has 15 nitrogen and oxygen atoms in total. The Morgan fingerprint density at radius 1 is 0.821 bits per heavy atom. The molecule has 5 aromatic carbocycles. The number of nitrogens with zero attached hydrogens (tertiary/aromatic N) is 2. The van der Waals surface area contributed by atoms with Crippen molar-refractivity contribution in [3.05, 3.63) is 159 Å². The molecule has 0 aromatic heterocycles. The zero-order chi connectivity index (χ0) is 62.7. The normalized spacial score (nSPS) is 13.7. The van der Waals surface area contributed by atoms with E-state index in [0.717, 1.165) is 90.9 Å². The first kappa shape index (κ1) is 70.0. The molecule has 1 saturated carbocycles. The molecule has 2 N–H and O–H groups in total. The molecule has 1 aliphatic carbocycles. The lowest BCUT2D eigenvalue weighted by Gasteiger charge is -2.26. The van der Waals surface area contributed by atoms with Gasteiger partial charge in [0.15, 0.2) is 5.76 Å². The predicted octanol–water partition coefficient (Wildman–Crippen LogP) is 15.2. The number of sulfonamides is 1. The fraction of sp³-hybridized carbons (Fsp3) is 0.367. The van der Waals surface area contributed by atoms with E-state index in [1.807, 2.05) is 77.1 Å². The van der Waals surface area contributed by atoms with Crippen molar-refractivity contribution in [2.24, 2.45) is 5.92 Å². The molecule has 2 fully saturated rings. The van der Waals surface area contributed by atoms with E-state index in [0.29, 0.717) is 35.3 Å². The monoisotopic (exact) mass is 1270 g/mol. The number of hydrogen-bond donors (Lipinski definition) is 2. The molecular weight excluding hydrogens is 1200 g/mol. The predicted molar refractivity (Wildman–Crippen MR) is 321 cm³/mol. The van der Waals surface area contributed by atoms with Gasteiger partial charge in [0.25, 0.3) is 0 Å². The van der Waals surface area contributed by atoms with Crippen molar-refractivity contribution in [1.82, 2.24) is 4.90 Å². The number of rotatable bonds is 18. The van der Waals surface area contributed by atoms with Gasteiger partial charge in [-0.15, -0.1) is 11.6 Å². The van der Waals surface area contributed by atoms with Crippen LogP contribution in [0.5, 0.6) is 5.75 Å². The molecule has 4 amide bonds. The highest BCUT2D eigenvalue weighted by Gasteiger charge is 2.46. The minimum absolute atomic E-state index is 0.00962. The number of carbonyl (C=O) groups is 4. The number of benzene rings is 5. The zero-order valence-electron chi connectivity index (χ0n) is 48.0. The van der Waals surface area contributed by atoms with Gasteiger partial charge in [0.1, 0.15) is 17.4 Å². The van der Waals surface area contributed by atoms with Crippen LogP contribution in [-0.2, 0) is 43.7 Å². The first-order valence-electron chi connectivity index (χ1n) is 26.6. The van der Waals surface area contributed by atoms with Crippen molar-refractivity contribution in [2.45, 2.75) is 122 Å². The third-order valence-electron chi connectivity index (χ3n) is 12.7. The van der Waals surface area contributed by atoms with Gasteiger partial charge in [-0.1, -0.05) is 104 Å². The molecule has 1 saturated heterocycles. The summed E-state index contributed by atoms with van der Waals surface area (Å²) in [5.74, 6) is -1.36. The smallest absolute Gasteiger partial charge is 0.489 e. The molecule has 0 bridgehead atoms. The van der Waals surface area contributed by atoms with Gasteiger partial charge < -0.3 is 24.4 Å². The minimum Gasteiger partial charge on any atom is -0.489 e. The lowest BCUT2D eigenvalue weighted by atomic mass is 10.1. The van der Waals surface area contributed by atoms with Crippen LogP contribution in [0.25, 0.3) is 5.70 Å². The summed E-state index contributed by atoms with van der Waals surface area (Å²) in [6.07, 6.45) is 4.92. The molecule has 5 aromatic rings. The second-order valence-electron chi connectivity index (χ2n) is 19.7. The molecule has 456 valence electrons. The average Bonchev–Trinajstić information content (AvgIpc) is 2.34. The molecule has 1 aliphatic heterocycles. The molecule has 2 aliphatic rings.